The molecule has 0 aliphatic carbocycles. The number of hydrogen-bond donors (Lipinski definition) is 2. The van der Waals surface area contributed by atoms with E-state index in [1.807, 2.05) is 25.1 Å². The number of nitrogens with zero attached hydrogens (tertiary/aromatic N) is 1. The summed E-state index contributed by atoms with van der Waals surface area (Å²) in [6.45, 7) is 2.01. The molecule has 9 heteroatoms. The highest BCUT2D eigenvalue weighted by molar-refractivity contribution is 7.89. The standard InChI is InChI=1S/C21H19N3O5S/c1-14-4-9-20-18(11-14)19(24-29-20)12-21(25)23-15-5-7-17(8-6-15)30(26,27)22-13-16-3-2-10-28-16/h2-11,22H,12-13H2,1H3,(H,23,25). The quantitative estimate of drug-likeness (QED) is 0.469. The second kappa shape index (κ2) is 8.13. The van der Waals surface area contributed by atoms with Crippen molar-refractivity contribution in [3.05, 3.63) is 77.9 Å². The lowest BCUT2D eigenvalue weighted by atomic mass is 10.1. The minimum absolute atomic E-state index is 0.0429. The summed E-state index contributed by atoms with van der Waals surface area (Å²) in [6.07, 6.45) is 1.52. The number of benzene rings is 2. The van der Waals surface area contributed by atoms with Crippen molar-refractivity contribution in [1.29, 1.82) is 0 Å². The Hall–Kier alpha value is -3.43. The van der Waals surface area contributed by atoms with E-state index in [1.54, 1.807) is 12.1 Å². The smallest absolute Gasteiger partial charge is 0.240 e. The second-order valence-corrected chi connectivity index (χ2v) is 8.55. The molecular weight excluding hydrogens is 406 g/mol. The molecule has 2 heterocycles. The van der Waals surface area contributed by atoms with Crippen LogP contribution in [0.25, 0.3) is 11.0 Å². The first-order valence-electron chi connectivity index (χ1n) is 9.17. The number of rotatable bonds is 7. The van der Waals surface area contributed by atoms with E-state index in [0.29, 0.717) is 22.7 Å². The third-order valence-corrected chi connectivity index (χ3v) is 5.91. The van der Waals surface area contributed by atoms with Crippen LogP contribution < -0.4 is 10.0 Å². The first-order chi connectivity index (χ1) is 14.4. The number of amides is 1. The molecule has 4 aromatic rings. The van der Waals surface area contributed by atoms with Crippen LogP contribution in [0.2, 0.25) is 0 Å². The summed E-state index contributed by atoms with van der Waals surface area (Å²) < 4.78 is 37.6. The Balaban J connectivity index is 1.40. The fourth-order valence-electron chi connectivity index (χ4n) is 2.97. The number of aromatic nitrogens is 1. The summed E-state index contributed by atoms with van der Waals surface area (Å²) in [6, 6.07) is 14.9. The Kier molecular flexibility index (Phi) is 5.39. The Morgan fingerprint density at radius 2 is 1.90 bits per heavy atom. The number of aryl methyl sites for hydroxylation is 1. The maximum absolute atomic E-state index is 12.4. The summed E-state index contributed by atoms with van der Waals surface area (Å²) in [5.74, 6) is 0.233. The van der Waals surface area contributed by atoms with Gasteiger partial charge >= 0.3 is 0 Å². The average Bonchev–Trinajstić information content (AvgIpc) is 3.37. The predicted octanol–water partition coefficient (Wildman–Crippen LogP) is 3.39. The molecule has 0 saturated carbocycles. The lowest BCUT2D eigenvalue weighted by Gasteiger charge is -2.08. The number of sulfonamides is 1. The van der Waals surface area contributed by atoms with Gasteiger partial charge in [0.2, 0.25) is 15.9 Å². The zero-order chi connectivity index (χ0) is 21.1. The van der Waals surface area contributed by atoms with Gasteiger partial charge in [-0.2, -0.15) is 0 Å². The topological polar surface area (TPSA) is 114 Å². The molecule has 0 aliphatic rings. The van der Waals surface area contributed by atoms with E-state index < -0.39 is 10.0 Å². The highest BCUT2D eigenvalue weighted by atomic mass is 32.2. The van der Waals surface area contributed by atoms with Crippen LogP contribution in [0.15, 0.2) is 74.7 Å². The summed E-state index contributed by atoms with van der Waals surface area (Å²) in [4.78, 5) is 12.5. The highest BCUT2D eigenvalue weighted by Crippen LogP contribution is 2.21. The van der Waals surface area contributed by atoms with E-state index in [1.165, 1.54) is 30.5 Å². The molecule has 0 fully saturated rings. The molecule has 2 N–H and O–H groups in total. The van der Waals surface area contributed by atoms with Crippen molar-refractivity contribution < 1.29 is 22.2 Å². The highest BCUT2D eigenvalue weighted by Gasteiger charge is 2.16. The molecule has 0 atom stereocenters. The number of carbonyl (C=O) groups excluding carboxylic acids is 1. The van der Waals surface area contributed by atoms with Gasteiger partial charge in [-0.1, -0.05) is 16.8 Å². The van der Waals surface area contributed by atoms with Gasteiger partial charge in [0, 0.05) is 11.1 Å². The Labute approximate surface area is 172 Å². The minimum Gasteiger partial charge on any atom is -0.468 e. The first kappa shape index (κ1) is 19.9. The second-order valence-electron chi connectivity index (χ2n) is 6.78. The predicted molar refractivity (Wildman–Crippen MR) is 110 cm³/mol. The van der Waals surface area contributed by atoms with E-state index in [-0.39, 0.29) is 23.8 Å². The van der Waals surface area contributed by atoms with Gasteiger partial charge in [0.1, 0.15) is 11.5 Å². The fourth-order valence-corrected chi connectivity index (χ4v) is 3.96. The lowest BCUT2D eigenvalue weighted by Crippen LogP contribution is -2.23. The van der Waals surface area contributed by atoms with E-state index in [4.69, 9.17) is 8.94 Å². The van der Waals surface area contributed by atoms with E-state index in [9.17, 15) is 13.2 Å². The molecule has 2 aromatic carbocycles. The molecular formula is C21H19N3O5S. The molecule has 2 aromatic heterocycles. The van der Waals surface area contributed by atoms with Crippen molar-refractivity contribution in [2.75, 3.05) is 5.32 Å². The summed E-state index contributed by atoms with van der Waals surface area (Å²) in [7, 11) is -3.70. The average molecular weight is 425 g/mol. The largest absolute Gasteiger partial charge is 0.468 e. The molecule has 0 unspecified atom stereocenters. The van der Waals surface area contributed by atoms with Crippen LogP contribution in [-0.2, 0) is 27.8 Å². The van der Waals surface area contributed by atoms with Crippen molar-refractivity contribution in [3.8, 4) is 0 Å². The van der Waals surface area contributed by atoms with Gasteiger partial charge in [-0.05, 0) is 55.5 Å². The summed E-state index contributed by atoms with van der Waals surface area (Å²) in [5.41, 5.74) is 2.70. The Bertz CT molecular complexity index is 1280. The number of carbonyl (C=O) groups is 1. The number of hydrogen-bond acceptors (Lipinski definition) is 6. The van der Waals surface area contributed by atoms with Gasteiger partial charge in [-0.3, -0.25) is 4.79 Å². The van der Waals surface area contributed by atoms with Gasteiger partial charge in [-0.15, -0.1) is 0 Å². The monoisotopic (exact) mass is 425 g/mol. The molecule has 4 rings (SSSR count). The van der Waals surface area contributed by atoms with Crippen LogP contribution in [0.1, 0.15) is 17.0 Å². The molecule has 8 nitrogen and oxygen atoms in total. The van der Waals surface area contributed by atoms with Crippen molar-refractivity contribution >= 4 is 32.6 Å². The summed E-state index contributed by atoms with van der Waals surface area (Å²) >= 11 is 0. The number of nitrogens with one attached hydrogen (secondary N) is 2. The van der Waals surface area contributed by atoms with Gasteiger partial charge < -0.3 is 14.3 Å². The van der Waals surface area contributed by atoms with Crippen molar-refractivity contribution in [2.45, 2.75) is 24.8 Å². The van der Waals surface area contributed by atoms with Crippen molar-refractivity contribution in [3.63, 3.8) is 0 Å². The number of anilines is 1. The van der Waals surface area contributed by atoms with E-state index in [2.05, 4.69) is 15.2 Å². The molecule has 154 valence electrons. The van der Waals surface area contributed by atoms with Gasteiger partial charge in [0.15, 0.2) is 5.58 Å². The first-order valence-corrected chi connectivity index (χ1v) is 10.7. The number of furan rings is 1. The Morgan fingerprint density at radius 3 is 2.63 bits per heavy atom. The molecule has 0 radical (unpaired) electrons. The lowest BCUT2D eigenvalue weighted by molar-refractivity contribution is -0.115. The molecule has 0 bridgehead atoms. The van der Waals surface area contributed by atoms with Crippen LogP contribution >= 0.6 is 0 Å². The fraction of sp³-hybridized carbons (Fsp3) is 0.143. The van der Waals surface area contributed by atoms with Crippen LogP contribution in [0.5, 0.6) is 0 Å². The van der Waals surface area contributed by atoms with Crippen LogP contribution in [0.3, 0.4) is 0 Å². The van der Waals surface area contributed by atoms with Crippen LogP contribution in [-0.4, -0.2) is 19.5 Å². The van der Waals surface area contributed by atoms with Gasteiger partial charge in [0.25, 0.3) is 0 Å². The molecule has 1 amide bonds. The van der Waals surface area contributed by atoms with E-state index >= 15 is 0 Å². The SMILES string of the molecule is Cc1ccc2onc(CC(=O)Nc3ccc(S(=O)(=O)NCc4ccco4)cc3)c2c1. The molecule has 0 aliphatic heterocycles. The summed E-state index contributed by atoms with van der Waals surface area (Å²) in [5, 5.41) is 7.52. The van der Waals surface area contributed by atoms with Crippen LogP contribution in [0, 0.1) is 6.92 Å². The Morgan fingerprint density at radius 1 is 1.10 bits per heavy atom. The maximum Gasteiger partial charge on any atom is 0.240 e. The zero-order valence-electron chi connectivity index (χ0n) is 16.1. The van der Waals surface area contributed by atoms with Crippen molar-refractivity contribution in [1.82, 2.24) is 9.88 Å². The van der Waals surface area contributed by atoms with Gasteiger partial charge in [-0.25, -0.2) is 13.1 Å². The minimum atomic E-state index is -3.70. The van der Waals surface area contributed by atoms with Gasteiger partial charge in [0.05, 0.1) is 24.1 Å². The number of fused-ring (bicyclic) bond motifs is 1. The third-order valence-electron chi connectivity index (χ3n) is 4.49. The normalized spacial score (nSPS) is 11.6. The molecule has 0 saturated heterocycles. The zero-order valence-corrected chi connectivity index (χ0v) is 16.9. The molecule has 30 heavy (non-hydrogen) atoms. The van der Waals surface area contributed by atoms with Crippen molar-refractivity contribution in [2.24, 2.45) is 0 Å². The van der Waals surface area contributed by atoms with E-state index in [0.717, 1.165) is 10.9 Å². The van der Waals surface area contributed by atoms with Crippen LogP contribution in [0.4, 0.5) is 5.69 Å². The third kappa shape index (κ3) is 4.42. The maximum atomic E-state index is 12.4. The molecule has 0 spiro atoms.